The SMILES string of the molecule is [2H]C([2H])([2H])Oc1cc2c(cc1OC)CCN1C2C([2H])([2H])C(=O)C([2H])(C([2H])([2H])C([2H])(C([2H])([2H])[2H])C([2H])([2H])[2H])C1([2H])[2H]. The van der Waals surface area contributed by atoms with E-state index in [1.165, 1.54) is 13.2 Å². The van der Waals surface area contributed by atoms with Gasteiger partial charge in [0.15, 0.2) is 11.5 Å². The molecule has 1 fully saturated rings. The molecular formula is C19H27NO3. The van der Waals surface area contributed by atoms with Crippen LogP contribution < -0.4 is 9.47 Å². The lowest BCUT2D eigenvalue weighted by Crippen LogP contribution is -2.46. The number of piperidine rings is 1. The van der Waals surface area contributed by atoms with Crippen molar-refractivity contribution in [3.63, 3.8) is 0 Å². The van der Waals surface area contributed by atoms with Gasteiger partial charge in [0.05, 0.1) is 18.3 Å². The zero-order valence-corrected chi connectivity index (χ0v) is 12.3. The van der Waals surface area contributed by atoms with Crippen LogP contribution in [0.2, 0.25) is 0 Å². The molecule has 4 heteroatoms. The zero-order chi connectivity index (χ0) is 31.3. The lowest BCUT2D eigenvalue weighted by molar-refractivity contribution is -0.129. The Balaban J connectivity index is 2.32. The van der Waals surface area contributed by atoms with E-state index >= 15 is 0 Å². The molecule has 3 rings (SSSR count). The van der Waals surface area contributed by atoms with Gasteiger partial charge in [0.2, 0.25) is 0 Å². The Morgan fingerprint density at radius 3 is 3.09 bits per heavy atom. The van der Waals surface area contributed by atoms with Crippen LogP contribution in [0.15, 0.2) is 12.1 Å². The van der Waals surface area contributed by atoms with Gasteiger partial charge in [-0.1, -0.05) is 13.7 Å². The average molecular weight is 335 g/mol. The molecule has 0 amide bonds. The molecule has 2 atom stereocenters. The van der Waals surface area contributed by atoms with E-state index in [1.54, 1.807) is 0 Å². The fraction of sp³-hybridized carbons (Fsp3) is 0.632. The lowest BCUT2D eigenvalue weighted by Gasteiger charge is -2.43. The number of hydrogen-bond acceptors (Lipinski definition) is 4. The molecule has 0 bridgehead atoms. The Bertz CT molecular complexity index is 1170. The second-order valence-electron chi connectivity index (χ2n) is 5.11. The monoisotopic (exact) mass is 334 g/mol. The molecule has 2 aliphatic rings. The number of hydrogen-bond donors (Lipinski definition) is 0. The molecule has 126 valence electrons. The van der Waals surface area contributed by atoms with E-state index in [1.807, 2.05) is 0 Å². The minimum absolute atomic E-state index is 0.0606. The highest BCUT2D eigenvalue weighted by Gasteiger charge is 2.38. The van der Waals surface area contributed by atoms with Crippen LogP contribution in [-0.2, 0) is 11.2 Å². The summed E-state index contributed by atoms with van der Waals surface area (Å²) in [6.45, 7) is -12.1. The number of rotatable bonds is 4. The summed E-state index contributed by atoms with van der Waals surface area (Å²) < 4.78 is 147. The largest absolute Gasteiger partial charge is 0.493 e. The summed E-state index contributed by atoms with van der Waals surface area (Å²) in [5.74, 6) is -10.9. The first kappa shape index (κ1) is 5.48. The van der Waals surface area contributed by atoms with Crippen molar-refractivity contribution in [2.45, 2.75) is 38.9 Å². The van der Waals surface area contributed by atoms with E-state index in [0.29, 0.717) is 10.5 Å². The van der Waals surface area contributed by atoms with Gasteiger partial charge in [-0.3, -0.25) is 9.69 Å². The topological polar surface area (TPSA) is 38.8 Å². The van der Waals surface area contributed by atoms with Gasteiger partial charge in [-0.2, -0.15) is 0 Å². The predicted octanol–water partition coefficient (Wildman–Crippen LogP) is 3.24. The number of fused-ring (bicyclic) bond motifs is 3. The lowest BCUT2D eigenvalue weighted by atomic mass is 9.80. The van der Waals surface area contributed by atoms with E-state index in [0.717, 1.165) is 6.07 Å². The summed E-state index contributed by atoms with van der Waals surface area (Å²) in [6.07, 6.45) is -7.79. The van der Waals surface area contributed by atoms with Crippen molar-refractivity contribution < 1.29 is 37.6 Å². The Hall–Kier alpha value is -1.55. The highest BCUT2D eigenvalue weighted by Crippen LogP contribution is 2.42. The second kappa shape index (κ2) is 6.52. The third-order valence-electron chi connectivity index (χ3n) is 3.76. The number of nitrogens with zero attached hydrogens (tertiary/aromatic N) is 1. The van der Waals surface area contributed by atoms with Crippen LogP contribution in [0.25, 0.3) is 0 Å². The summed E-state index contributed by atoms with van der Waals surface area (Å²) in [5, 5.41) is 0. The number of ether oxygens (including phenoxy) is 2. The van der Waals surface area contributed by atoms with Crippen molar-refractivity contribution in [2.24, 2.45) is 11.8 Å². The maximum absolute atomic E-state index is 13.8. The molecule has 0 saturated carbocycles. The molecule has 2 unspecified atom stereocenters. The van der Waals surface area contributed by atoms with E-state index in [-0.39, 0.29) is 17.7 Å². The average Bonchev–Trinajstić information content (AvgIpc) is 2.77. The summed E-state index contributed by atoms with van der Waals surface area (Å²) >= 11 is 0. The standard InChI is InChI=1S/C19H27NO3/c1-12(2)7-14-11-20-6-5-13-8-18(22-3)19(23-4)9-15(13)16(20)10-17(14)21/h8-9,12,14,16H,5-7,10-11H2,1-4H3/i1D3,2D3,4D3,7D2,10D2,11D2,12D,14D. The van der Waals surface area contributed by atoms with Crippen molar-refractivity contribution in [2.75, 3.05) is 27.2 Å². The molecule has 2 heterocycles. The van der Waals surface area contributed by atoms with Crippen LogP contribution in [0.4, 0.5) is 0 Å². The Morgan fingerprint density at radius 1 is 1.52 bits per heavy atom. The van der Waals surface area contributed by atoms with Crippen molar-refractivity contribution in [1.29, 1.82) is 0 Å². The molecule has 1 aromatic carbocycles. The van der Waals surface area contributed by atoms with Crippen molar-refractivity contribution >= 4 is 5.78 Å². The van der Waals surface area contributed by atoms with Crippen molar-refractivity contribution in [3.05, 3.63) is 23.3 Å². The van der Waals surface area contributed by atoms with Crippen molar-refractivity contribution in [1.82, 2.24) is 4.90 Å². The molecule has 1 saturated heterocycles. The highest BCUT2D eigenvalue weighted by molar-refractivity contribution is 5.83. The Kier molecular flexibility index (Phi) is 1.55. The molecule has 0 radical (unpaired) electrons. The molecule has 23 heavy (non-hydrogen) atoms. The smallest absolute Gasteiger partial charge is 0.161 e. The van der Waals surface area contributed by atoms with Gasteiger partial charge in [0, 0.05) is 50.5 Å². The number of benzene rings is 1. The molecule has 2 aliphatic heterocycles. The summed E-state index contributed by atoms with van der Waals surface area (Å²) in [5.41, 5.74) is 0.156. The normalized spacial score (nSPS) is 45.5. The van der Waals surface area contributed by atoms with Gasteiger partial charge >= 0.3 is 0 Å². The molecule has 0 N–H and O–H groups in total. The van der Waals surface area contributed by atoms with E-state index < -0.39 is 75.9 Å². The number of methoxy groups -OCH3 is 2. The number of Topliss-reactive ketones (excluding diaryl/α,β-unsaturated/α-hetero) is 1. The first-order valence-corrected chi connectivity index (χ1v) is 6.86. The van der Waals surface area contributed by atoms with Crippen LogP contribution >= 0.6 is 0 Å². The van der Waals surface area contributed by atoms with Crippen LogP contribution in [0.3, 0.4) is 0 Å². The molecule has 4 nitrogen and oxygen atoms in total. The van der Waals surface area contributed by atoms with Gasteiger partial charge in [-0.15, -0.1) is 0 Å². The molecule has 0 spiro atoms. The zero-order valence-electron chi connectivity index (χ0n) is 29.3. The molecular weight excluding hydrogens is 290 g/mol. The fourth-order valence-electron chi connectivity index (χ4n) is 2.74. The Labute approximate surface area is 162 Å². The van der Waals surface area contributed by atoms with Crippen molar-refractivity contribution in [3.8, 4) is 11.5 Å². The van der Waals surface area contributed by atoms with E-state index in [4.69, 9.17) is 32.8 Å². The molecule has 0 aromatic heterocycles. The van der Waals surface area contributed by atoms with Gasteiger partial charge in [0.25, 0.3) is 0 Å². The predicted molar refractivity (Wildman–Crippen MR) is 90.1 cm³/mol. The fourth-order valence-corrected chi connectivity index (χ4v) is 2.74. The number of ketones is 1. The first-order valence-electron chi connectivity index (χ1n) is 15.4. The minimum Gasteiger partial charge on any atom is -0.493 e. The summed E-state index contributed by atoms with van der Waals surface area (Å²) in [7, 11) is -1.77. The van der Waals surface area contributed by atoms with Gasteiger partial charge < -0.3 is 9.47 Å². The van der Waals surface area contributed by atoms with Gasteiger partial charge in [-0.25, -0.2) is 0 Å². The number of carbonyl (C=O) groups excluding carboxylic acids is 1. The first-order chi connectivity index (χ1) is 17.6. The maximum Gasteiger partial charge on any atom is 0.161 e. The minimum atomic E-state index is -4.31. The Morgan fingerprint density at radius 2 is 2.35 bits per heavy atom. The third kappa shape index (κ3) is 3.09. The summed E-state index contributed by atoms with van der Waals surface area (Å²) in [6, 6.07) is 0.437. The molecule has 1 aromatic rings. The highest BCUT2D eigenvalue weighted by atomic mass is 16.5. The second-order valence-corrected chi connectivity index (χ2v) is 5.11. The molecule has 0 aliphatic carbocycles. The summed E-state index contributed by atoms with van der Waals surface area (Å²) in [4.78, 5) is 14.4. The van der Waals surface area contributed by atoms with Crippen LogP contribution in [-0.4, -0.2) is 37.9 Å². The van der Waals surface area contributed by atoms with E-state index in [2.05, 4.69) is 0 Å². The van der Waals surface area contributed by atoms with Gasteiger partial charge in [-0.05, 0) is 41.9 Å². The van der Waals surface area contributed by atoms with Crippen LogP contribution in [0.1, 0.15) is 66.9 Å². The van der Waals surface area contributed by atoms with Crippen LogP contribution in [0.5, 0.6) is 11.5 Å². The van der Waals surface area contributed by atoms with E-state index in [9.17, 15) is 4.79 Å². The maximum atomic E-state index is 13.8. The quantitative estimate of drug-likeness (QED) is 0.847. The van der Waals surface area contributed by atoms with Crippen LogP contribution in [0, 0.1) is 11.8 Å². The van der Waals surface area contributed by atoms with Gasteiger partial charge in [0.1, 0.15) is 5.78 Å². The third-order valence-corrected chi connectivity index (χ3v) is 3.76. The number of carbonyl (C=O) groups is 1.